The van der Waals surface area contributed by atoms with Crippen molar-refractivity contribution in [2.75, 3.05) is 13.7 Å². The Morgan fingerprint density at radius 2 is 1.85 bits per heavy atom. The molecule has 0 amide bonds. The summed E-state index contributed by atoms with van der Waals surface area (Å²) in [6, 6.07) is 0. The van der Waals surface area contributed by atoms with E-state index in [1.54, 1.807) is 6.08 Å². The fourth-order valence-corrected chi connectivity index (χ4v) is 1.29. The summed E-state index contributed by atoms with van der Waals surface area (Å²) in [5.41, 5.74) is 0.747. The van der Waals surface area contributed by atoms with Crippen molar-refractivity contribution in [1.82, 2.24) is 0 Å². The predicted molar refractivity (Wildman–Crippen MR) is 78.5 cm³/mol. The minimum absolute atomic E-state index is 0.208. The molecule has 0 spiro atoms. The number of carboxylic acid groups (broad SMARTS) is 1. The average molecular weight is 286 g/mol. The second-order valence-corrected chi connectivity index (χ2v) is 4.76. The van der Waals surface area contributed by atoms with Gasteiger partial charge in [0.2, 0.25) is 0 Å². The van der Waals surface area contributed by atoms with E-state index in [-0.39, 0.29) is 12.6 Å². The molecule has 0 aliphatic carbocycles. The quantitative estimate of drug-likeness (QED) is 0.575. The molecule has 0 aliphatic heterocycles. The number of carboxylic acids is 1. The van der Waals surface area contributed by atoms with Crippen LogP contribution in [0.2, 0.25) is 0 Å². The van der Waals surface area contributed by atoms with Crippen LogP contribution < -0.4 is 0 Å². The number of rotatable bonds is 7. The molecule has 1 unspecified atom stereocenters. The number of carbonyl (C=O) groups excluding carboxylic acids is 1. The van der Waals surface area contributed by atoms with E-state index in [1.165, 1.54) is 19.6 Å². The fraction of sp³-hybridized carbons (Fsp3) is 0.600. The molecule has 1 N–H and O–H groups in total. The first kappa shape index (κ1) is 20.7. The van der Waals surface area contributed by atoms with Gasteiger partial charge in [0.25, 0.3) is 0 Å². The summed E-state index contributed by atoms with van der Waals surface area (Å²) in [5, 5.41) is 7.79. The van der Waals surface area contributed by atoms with E-state index in [0.717, 1.165) is 12.8 Å². The normalized spacial score (nSPS) is 12.2. The van der Waals surface area contributed by atoms with Gasteiger partial charge in [0.05, 0.1) is 0 Å². The van der Waals surface area contributed by atoms with Crippen LogP contribution >= 0.6 is 0 Å². The maximum Gasteiger partial charge on any atom is 0.329 e. The Morgan fingerprint density at radius 1 is 1.30 bits per heavy atom. The van der Waals surface area contributed by atoms with E-state index in [2.05, 4.69) is 31.2 Å². The van der Waals surface area contributed by atoms with Crippen LogP contribution in [-0.2, 0) is 19.1 Å². The number of ether oxygens (including phenoxy) is 2. The number of carbonyl (C=O) groups is 2. The second-order valence-electron chi connectivity index (χ2n) is 4.76. The molecule has 20 heavy (non-hydrogen) atoms. The van der Waals surface area contributed by atoms with Crippen LogP contribution in [0.1, 0.15) is 40.5 Å². The number of hydrogen-bond donors (Lipinski definition) is 1. The van der Waals surface area contributed by atoms with E-state index in [1.807, 2.05) is 6.92 Å². The first-order valence-electron chi connectivity index (χ1n) is 6.34. The third-order valence-electron chi connectivity index (χ3n) is 2.27. The van der Waals surface area contributed by atoms with Crippen molar-refractivity contribution in [2.45, 2.75) is 46.1 Å². The Balaban J connectivity index is 0. The smallest absolute Gasteiger partial charge is 0.329 e. The van der Waals surface area contributed by atoms with Crippen LogP contribution in [0.25, 0.3) is 0 Å². The van der Waals surface area contributed by atoms with Gasteiger partial charge >= 0.3 is 11.9 Å². The van der Waals surface area contributed by atoms with Gasteiger partial charge in [-0.3, -0.25) is 4.79 Å². The van der Waals surface area contributed by atoms with Gasteiger partial charge in [-0.25, -0.2) is 4.79 Å². The molecule has 0 saturated carbocycles. The van der Waals surface area contributed by atoms with Crippen molar-refractivity contribution in [3.8, 4) is 0 Å². The van der Waals surface area contributed by atoms with Crippen LogP contribution in [0.3, 0.4) is 0 Å². The standard InChI is InChI=1S/C12H20O2.C3H6O3/c1-6-12(5,14-11(4)13)9-7-8-10(2)3;1-6-2-3(4)5/h6,8H,1,7,9H2,2-5H3;2H2,1H3,(H,4,5). The first-order valence-corrected chi connectivity index (χ1v) is 6.34. The number of allylic oxidation sites excluding steroid dienone is 2. The summed E-state index contributed by atoms with van der Waals surface area (Å²) in [6.07, 6.45) is 5.50. The van der Waals surface area contributed by atoms with E-state index < -0.39 is 11.6 Å². The number of methoxy groups -OCH3 is 1. The lowest BCUT2D eigenvalue weighted by atomic mass is 9.99. The highest BCUT2D eigenvalue weighted by Gasteiger charge is 2.22. The number of aliphatic carboxylic acids is 1. The van der Waals surface area contributed by atoms with Crippen molar-refractivity contribution in [2.24, 2.45) is 0 Å². The zero-order chi connectivity index (χ0) is 16.2. The van der Waals surface area contributed by atoms with Gasteiger partial charge < -0.3 is 14.6 Å². The molecule has 0 aromatic carbocycles. The van der Waals surface area contributed by atoms with E-state index >= 15 is 0 Å². The van der Waals surface area contributed by atoms with Gasteiger partial charge in [0.15, 0.2) is 0 Å². The Kier molecular flexibility index (Phi) is 11.6. The van der Waals surface area contributed by atoms with Gasteiger partial charge in [-0.2, -0.15) is 0 Å². The Morgan fingerprint density at radius 3 is 2.10 bits per heavy atom. The summed E-state index contributed by atoms with van der Waals surface area (Å²) in [4.78, 5) is 20.3. The first-order chi connectivity index (χ1) is 9.16. The molecule has 5 nitrogen and oxygen atoms in total. The third kappa shape index (κ3) is 14.4. The minimum Gasteiger partial charge on any atom is -0.480 e. The Hall–Kier alpha value is -1.62. The number of esters is 1. The molecule has 0 rings (SSSR count). The average Bonchev–Trinajstić information content (AvgIpc) is 2.28. The molecule has 0 aliphatic rings. The lowest BCUT2D eigenvalue weighted by Crippen LogP contribution is -2.27. The van der Waals surface area contributed by atoms with E-state index in [9.17, 15) is 9.59 Å². The summed E-state index contributed by atoms with van der Waals surface area (Å²) < 4.78 is 9.39. The van der Waals surface area contributed by atoms with Crippen LogP contribution in [0.4, 0.5) is 0 Å². The summed E-state index contributed by atoms with van der Waals surface area (Å²) in [6.45, 7) is 10.9. The van der Waals surface area contributed by atoms with E-state index in [0.29, 0.717) is 0 Å². The number of hydrogen-bond acceptors (Lipinski definition) is 4. The molecule has 0 aromatic rings. The lowest BCUT2D eigenvalue weighted by molar-refractivity contribution is -0.151. The molecule has 5 heteroatoms. The second kappa shape index (κ2) is 11.2. The van der Waals surface area contributed by atoms with Crippen LogP contribution in [0, 0.1) is 0 Å². The van der Waals surface area contributed by atoms with Crippen molar-refractivity contribution < 1.29 is 24.2 Å². The van der Waals surface area contributed by atoms with Gasteiger partial charge in [0.1, 0.15) is 12.2 Å². The summed E-state index contributed by atoms with van der Waals surface area (Å²) in [5.74, 6) is -1.19. The third-order valence-corrected chi connectivity index (χ3v) is 2.27. The summed E-state index contributed by atoms with van der Waals surface area (Å²) in [7, 11) is 1.34. The van der Waals surface area contributed by atoms with Gasteiger partial charge in [-0.05, 0) is 39.7 Å². The van der Waals surface area contributed by atoms with Crippen LogP contribution in [0.15, 0.2) is 24.3 Å². The molecular formula is C15H26O5. The molecule has 0 bridgehead atoms. The molecule has 1 atom stereocenters. The Bertz CT molecular complexity index is 342. The predicted octanol–water partition coefficient (Wildman–Crippen LogP) is 2.96. The topological polar surface area (TPSA) is 72.8 Å². The molecule has 0 fully saturated rings. The highest BCUT2D eigenvalue weighted by atomic mass is 16.6. The van der Waals surface area contributed by atoms with Crippen LogP contribution in [0.5, 0.6) is 0 Å². The molecule has 0 radical (unpaired) electrons. The van der Waals surface area contributed by atoms with Crippen molar-refractivity contribution >= 4 is 11.9 Å². The highest BCUT2D eigenvalue weighted by Crippen LogP contribution is 2.19. The van der Waals surface area contributed by atoms with E-state index in [4.69, 9.17) is 9.84 Å². The van der Waals surface area contributed by atoms with Gasteiger partial charge in [0, 0.05) is 14.0 Å². The summed E-state index contributed by atoms with van der Waals surface area (Å²) >= 11 is 0. The van der Waals surface area contributed by atoms with Crippen molar-refractivity contribution in [1.29, 1.82) is 0 Å². The van der Waals surface area contributed by atoms with Crippen LogP contribution in [-0.4, -0.2) is 36.4 Å². The fourth-order valence-electron chi connectivity index (χ4n) is 1.29. The molecule has 0 heterocycles. The maximum atomic E-state index is 10.8. The zero-order valence-corrected chi connectivity index (χ0v) is 13.1. The molecule has 0 saturated heterocycles. The maximum absolute atomic E-state index is 10.8. The molecule has 116 valence electrons. The highest BCUT2D eigenvalue weighted by molar-refractivity contribution is 5.68. The largest absolute Gasteiger partial charge is 0.480 e. The van der Waals surface area contributed by atoms with Gasteiger partial charge in [-0.1, -0.05) is 18.2 Å². The molecule has 0 aromatic heterocycles. The Labute approximate surface area is 121 Å². The SMILES string of the molecule is C=CC(C)(CCC=C(C)C)OC(C)=O.COCC(=O)O. The lowest BCUT2D eigenvalue weighted by Gasteiger charge is -2.24. The minimum atomic E-state index is -0.933. The van der Waals surface area contributed by atoms with Crippen molar-refractivity contribution in [3.63, 3.8) is 0 Å². The van der Waals surface area contributed by atoms with Gasteiger partial charge in [-0.15, -0.1) is 0 Å². The molecular weight excluding hydrogens is 260 g/mol. The monoisotopic (exact) mass is 286 g/mol. The zero-order valence-electron chi connectivity index (χ0n) is 13.1. The van der Waals surface area contributed by atoms with Crippen molar-refractivity contribution in [3.05, 3.63) is 24.3 Å².